The molecule has 0 aliphatic carbocycles. The van der Waals surface area contributed by atoms with Crippen LogP contribution < -0.4 is 9.05 Å². The summed E-state index contributed by atoms with van der Waals surface area (Å²) in [5.41, 5.74) is 3.20. The van der Waals surface area contributed by atoms with E-state index in [0.717, 1.165) is 22.3 Å². The third-order valence-electron chi connectivity index (χ3n) is 6.45. The van der Waals surface area contributed by atoms with Gasteiger partial charge >= 0.3 is 15.6 Å². The molecular weight excluding hydrogens is 538 g/mol. The Kier molecular flexibility index (Phi) is 9.14. The van der Waals surface area contributed by atoms with Crippen LogP contribution in [0.4, 0.5) is 0 Å². The van der Waals surface area contributed by atoms with Crippen LogP contribution in [0.15, 0.2) is 24.3 Å². The zero-order valence-corrected chi connectivity index (χ0v) is 27.1. The Bertz CT molecular complexity index is 1210. The second kappa shape index (κ2) is 10.6. The van der Waals surface area contributed by atoms with Crippen molar-refractivity contribution in [2.24, 2.45) is 0 Å². The van der Waals surface area contributed by atoms with Crippen molar-refractivity contribution in [1.29, 1.82) is 0 Å². The molecule has 0 fully saturated rings. The molecule has 0 atom stereocenters. The maximum atomic E-state index is 12.0. The summed E-state index contributed by atoms with van der Waals surface area (Å²) in [5.74, 6) is 0.215. The second-order valence-corrected chi connectivity index (χ2v) is 16.6. The van der Waals surface area contributed by atoms with Gasteiger partial charge in [0.2, 0.25) is 0 Å². The van der Waals surface area contributed by atoms with Gasteiger partial charge in [0, 0.05) is 11.1 Å². The molecule has 0 saturated heterocycles. The van der Waals surface area contributed by atoms with E-state index in [0.29, 0.717) is 17.5 Å². The lowest BCUT2D eigenvalue weighted by molar-refractivity contribution is 0.278. The van der Waals surface area contributed by atoms with Crippen LogP contribution in [0.25, 0.3) is 0 Å². The Morgan fingerprint density at radius 1 is 0.538 bits per heavy atom. The molecule has 8 nitrogen and oxygen atoms in total. The van der Waals surface area contributed by atoms with Crippen LogP contribution in [0, 0.1) is 0 Å². The average molecular weight is 585 g/mol. The molecule has 0 unspecified atom stereocenters. The Balaban J connectivity index is 3.16. The van der Waals surface area contributed by atoms with Crippen LogP contribution in [0.1, 0.15) is 116 Å². The summed E-state index contributed by atoms with van der Waals surface area (Å²) in [7, 11) is -9.70. The van der Waals surface area contributed by atoms with Gasteiger partial charge in [-0.15, -0.1) is 0 Å². The van der Waals surface area contributed by atoms with E-state index in [1.54, 1.807) is 12.1 Å². The van der Waals surface area contributed by atoms with Gasteiger partial charge in [0.15, 0.2) is 0 Å². The molecule has 2 rings (SSSR count). The summed E-state index contributed by atoms with van der Waals surface area (Å²) in [5, 5.41) is 0. The molecule has 0 aliphatic rings. The van der Waals surface area contributed by atoms with Crippen LogP contribution in [-0.2, 0) is 37.2 Å². The van der Waals surface area contributed by atoms with E-state index in [2.05, 4.69) is 41.5 Å². The standard InChI is InChI=1S/C29H46O8P2/c1-26(2,3)20-13-15-22(36-38(30,31)32)24(28(7,8)9)18(20)17-19-21(27(4,5)6)14-16-23(37-39(33,34)35)25(19)29(10,11)12/h13-16H,17H2,1-12H3,(H2,30,31,32)(H2,33,34,35). The van der Waals surface area contributed by atoms with Gasteiger partial charge in [-0.2, -0.15) is 0 Å². The number of phosphoric ester groups is 2. The van der Waals surface area contributed by atoms with Gasteiger partial charge in [0.25, 0.3) is 0 Å². The molecule has 0 radical (unpaired) electrons. The minimum atomic E-state index is -4.85. The van der Waals surface area contributed by atoms with Crippen molar-refractivity contribution in [3.63, 3.8) is 0 Å². The van der Waals surface area contributed by atoms with Gasteiger partial charge < -0.3 is 9.05 Å². The van der Waals surface area contributed by atoms with E-state index in [9.17, 15) is 28.7 Å². The predicted octanol–water partition coefficient (Wildman–Crippen LogP) is 7.41. The fourth-order valence-corrected chi connectivity index (χ4v) is 6.07. The number of rotatable bonds is 6. The first kappa shape index (κ1) is 33.5. The van der Waals surface area contributed by atoms with E-state index in [1.807, 2.05) is 53.7 Å². The first-order chi connectivity index (χ1) is 17.1. The Hall–Kier alpha value is -1.66. The fourth-order valence-electron chi connectivity index (χ4n) is 5.25. The topological polar surface area (TPSA) is 134 Å². The molecule has 2 aromatic rings. The summed E-state index contributed by atoms with van der Waals surface area (Å²) < 4.78 is 34.4. The monoisotopic (exact) mass is 584 g/mol. The van der Waals surface area contributed by atoms with Gasteiger partial charge in [0.05, 0.1) is 0 Å². The average Bonchev–Trinajstić information content (AvgIpc) is 2.61. The molecule has 10 heteroatoms. The van der Waals surface area contributed by atoms with E-state index >= 15 is 0 Å². The lowest BCUT2D eigenvalue weighted by Gasteiger charge is -2.35. The first-order valence-corrected chi connectivity index (χ1v) is 16.0. The highest BCUT2D eigenvalue weighted by molar-refractivity contribution is 7.47. The Labute approximate surface area is 233 Å². The van der Waals surface area contributed by atoms with Crippen molar-refractivity contribution in [1.82, 2.24) is 0 Å². The lowest BCUT2D eigenvalue weighted by Crippen LogP contribution is -2.26. The SMILES string of the molecule is CC(C)(C)c1ccc(OP(=O)(O)O)c(C(C)(C)C)c1Cc1c(C(C)(C)C)ccc(OP(=O)(O)O)c1C(C)(C)C. The first-order valence-electron chi connectivity index (χ1n) is 13.0. The van der Waals surface area contributed by atoms with Gasteiger partial charge in [-0.3, -0.25) is 19.6 Å². The van der Waals surface area contributed by atoms with Crippen molar-refractivity contribution in [3.8, 4) is 11.5 Å². The van der Waals surface area contributed by atoms with Gasteiger partial charge in [-0.1, -0.05) is 95.2 Å². The number of hydrogen-bond acceptors (Lipinski definition) is 4. The van der Waals surface area contributed by atoms with Crippen molar-refractivity contribution < 1.29 is 37.8 Å². The van der Waals surface area contributed by atoms with E-state index in [1.165, 1.54) is 0 Å². The molecule has 0 spiro atoms. The molecular formula is C29H46O8P2. The third kappa shape index (κ3) is 8.66. The van der Waals surface area contributed by atoms with Crippen molar-refractivity contribution in [2.45, 2.75) is 111 Å². The summed E-state index contributed by atoms with van der Waals surface area (Å²) >= 11 is 0. The van der Waals surface area contributed by atoms with Crippen molar-refractivity contribution in [2.75, 3.05) is 0 Å². The minimum absolute atomic E-state index is 0.107. The molecule has 0 bridgehead atoms. The predicted molar refractivity (Wildman–Crippen MR) is 156 cm³/mol. The van der Waals surface area contributed by atoms with E-state index in [-0.39, 0.29) is 22.3 Å². The highest BCUT2D eigenvalue weighted by Crippen LogP contribution is 2.50. The maximum Gasteiger partial charge on any atom is 0.524 e. The molecule has 39 heavy (non-hydrogen) atoms. The van der Waals surface area contributed by atoms with Gasteiger partial charge in [-0.05, 0) is 62.5 Å². The molecule has 0 heterocycles. The zero-order valence-electron chi connectivity index (χ0n) is 25.3. The second-order valence-electron chi connectivity index (χ2n) is 14.3. The maximum absolute atomic E-state index is 12.0. The fraction of sp³-hybridized carbons (Fsp3) is 0.586. The third-order valence-corrected chi connectivity index (χ3v) is 7.32. The highest BCUT2D eigenvalue weighted by atomic mass is 31.2. The quantitative estimate of drug-likeness (QED) is 0.258. The molecule has 0 saturated carbocycles. The minimum Gasteiger partial charge on any atom is -0.404 e. The smallest absolute Gasteiger partial charge is 0.404 e. The van der Waals surface area contributed by atoms with Crippen LogP contribution in [0.5, 0.6) is 11.5 Å². The summed E-state index contributed by atoms with van der Waals surface area (Å²) in [6.45, 7) is 24.2. The van der Waals surface area contributed by atoms with Crippen molar-refractivity contribution in [3.05, 3.63) is 57.6 Å². The van der Waals surface area contributed by atoms with Crippen LogP contribution in [0.2, 0.25) is 0 Å². The van der Waals surface area contributed by atoms with Crippen LogP contribution in [0.3, 0.4) is 0 Å². The summed E-state index contributed by atoms with van der Waals surface area (Å²) in [4.78, 5) is 38.9. The van der Waals surface area contributed by atoms with E-state index in [4.69, 9.17) is 9.05 Å². The molecule has 0 aliphatic heterocycles. The normalized spacial score (nSPS) is 13.9. The number of phosphoric acid groups is 2. The Morgan fingerprint density at radius 3 is 1.03 bits per heavy atom. The number of benzene rings is 2. The number of hydrogen-bond donors (Lipinski definition) is 4. The molecule has 220 valence electrons. The largest absolute Gasteiger partial charge is 0.524 e. The Morgan fingerprint density at radius 2 is 0.821 bits per heavy atom. The van der Waals surface area contributed by atoms with Crippen molar-refractivity contribution >= 4 is 15.6 Å². The van der Waals surface area contributed by atoms with Crippen LogP contribution >= 0.6 is 15.6 Å². The van der Waals surface area contributed by atoms with Crippen LogP contribution in [-0.4, -0.2) is 19.6 Å². The molecule has 0 aromatic heterocycles. The highest BCUT2D eigenvalue weighted by Gasteiger charge is 2.35. The summed E-state index contributed by atoms with van der Waals surface area (Å²) in [6.07, 6.45) is 0.329. The lowest BCUT2D eigenvalue weighted by atomic mass is 9.70. The zero-order chi connectivity index (χ0) is 30.6. The van der Waals surface area contributed by atoms with E-state index < -0.39 is 26.5 Å². The molecule has 4 N–H and O–H groups in total. The molecule has 2 aromatic carbocycles. The van der Waals surface area contributed by atoms with Gasteiger partial charge in [0.1, 0.15) is 11.5 Å². The molecule has 0 amide bonds. The van der Waals surface area contributed by atoms with Gasteiger partial charge in [-0.25, -0.2) is 9.13 Å². The summed E-state index contributed by atoms with van der Waals surface area (Å²) in [6, 6.07) is 6.93.